The Morgan fingerprint density at radius 1 is 0.959 bits per heavy atom. The van der Waals surface area contributed by atoms with Crippen molar-refractivity contribution in [2.75, 3.05) is 20.3 Å². The highest BCUT2D eigenvalue weighted by Gasteiger charge is 2.32. The molecular weight excluding hydrogens is 624 g/mol. The average molecular weight is 663 g/mol. The van der Waals surface area contributed by atoms with E-state index in [1.807, 2.05) is 36.4 Å². The number of benzene rings is 4. The van der Waals surface area contributed by atoms with Crippen molar-refractivity contribution < 1.29 is 33.3 Å². The Kier molecular flexibility index (Phi) is 11.3. The van der Waals surface area contributed by atoms with Gasteiger partial charge in [-0.2, -0.15) is 5.10 Å². The second-order valence-electron chi connectivity index (χ2n) is 11.1. The van der Waals surface area contributed by atoms with Crippen LogP contribution in [-0.4, -0.2) is 44.4 Å². The van der Waals surface area contributed by atoms with Gasteiger partial charge in [-0.15, -0.1) is 6.58 Å². The number of esters is 1. The van der Waals surface area contributed by atoms with Crippen LogP contribution in [0, 0.1) is 0 Å². The lowest BCUT2D eigenvalue weighted by Gasteiger charge is -2.28. The van der Waals surface area contributed by atoms with Gasteiger partial charge in [-0.25, -0.2) is 15.0 Å². The molecule has 4 aromatic rings. The van der Waals surface area contributed by atoms with E-state index in [1.165, 1.54) is 13.3 Å². The van der Waals surface area contributed by atoms with Crippen molar-refractivity contribution in [1.82, 2.24) is 16.1 Å². The summed E-state index contributed by atoms with van der Waals surface area (Å²) in [6, 6.07) is 23.7. The summed E-state index contributed by atoms with van der Waals surface area (Å²) in [6.07, 6.45) is 3.94. The van der Waals surface area contributed by atoms with Crippen LogP contribution in [0.15, 0.2) is 108 Å². The van der Waals surface area contributed by atoms with E-state index in [0.29, 0.717) is 30.0 Å². The molecular formula is C38H38N4O7. The van der Waals surface area contributed by atoms with Crippen LogP contribution in [-0.2, 0) is 27.4 Å². The van der Waals surface area contributed by atoms with Crippen LogP contribution in [0.4, 0.5) is 4.79 Å². The zero-order valence-electron chi connectivity index (χ0n) is 27.6. The van der Waals surface area contributed by atoms with Gasteiger partial charge in [0.05, 0.1) is 31.5 Å². The molecule has 1 aliphatic rings. The molecule has 11 nitrogen and oxygen atoms in total. The predicted molar refractivity (Wildman–Crippen MR) is 187 cm³/mol. The molecule has 0 spiro atoms. The molecule has 1 atom stereocenters. The zero-order chi connectivity index (χ0) is 34.8. The standard InChI is InChI=1S/C38H38N4O7/c1-5-10-27-19-25(15-17-31(27)48-22-29-13-9-12-26-11-7-8-14-30(26)29)21-39-42-34(43)23-49-32-18-16-28(20-33(32)46-4)36-35(37(44)47-6-2)24(3)40-38(45)41-36/h5,7-9,11-21,36H,1,6,10,22-23H2,2-4H3,(H,42,43)(H2,40,41,45)/b39-21-/t36-/m1/s1. The summed E-state index contributed by atoms with van der Waals surface area (Å²) in [6.45, 7) is 7.47. The maximum Gasteiger partial charge on any atom is 0.338 e. The molecule has 252 valence electrons. The highest BCUT2D eigenvalue weighted by molar-refractivity contribution is 5.95. The topological polar surface area (TPSA) is 137 Å². The van der Waals surface area contributed by atoms with Crippen molar-refractivity contribution in [3.63, 3.8) is 0 Å². The molecule has 0 bridgehead atoms. The molecule has 0 aliphatic carbocycles. The van der Waals surface area contributed by atoms with Crippen LogP contribution in [0.1, 0.15) is 42.1 Å². The Morgan fingerprint density at radius 3 is 2.55 bits per heavy atom. The minimum absolute atomic E-state index is 0.184. The van der Waals surface area contributed by atoms with Gasteiger partial charge >= 0.3 is 12.0 Å². The van der Waals surface area contributed by atoms with Gasteiger partial charge in [-0.05, 0) is 83.6 Å². The Labute approximate surface area is 284 Å². The number of amides is 3. The molecule has 4 aromatic carbocycles. The maximum absolute atomic E-state index is 12.7. The number of nitrogens with zero attached hydrogens (tertiary/aromatic N) is 1. The second-order valence-corrected chi connectivity index (χ2v) is 11.1. The van der Waals surface area contributed by atoms with E-state index in [4.69, 9.17) is 18.9 Å². The first kappa shape index (κ1) is 34.2. The lowest BCUT2D eigenvalue weighted by Crippen LogP contribution is -2.45. The number of carbonyl (C=O) groups is 3. The smallest absolute Gasteiger partial charge is 0.338 e. The molecule has 0 fully saturated rings. The first-order valence-electron chi connectivity index (χ1n) is 15.7. The average Bonchev–Trinajstić information content (AvgIpc) is 3.10. The van der Waals surface area contributed by atoms with Gasteiger partial charge in [0.15, 0.2) is 18.1 Å². The lowest BCUT2D eigenvalue weighted by atomic mass is 9.95. The second kappa shape index (κ2) is 16.1. The number of nitrogens with one attached hydrogen (secondary N) is 3. The third kappa shape index (κ3) is 8.44. The van der Waals surface area contributed by atoms with Crippen LogP contribution in [0.25, 0.3) is 10.8 Å². The highest BCUT2D eigenvalue weighted by Crippen LogP contribution is 2.34. The molecule has 0 aromatic heterocycles. The minimum Gasteiger partial charge on any atom is -0.493 e. The van der Waals surface area contributed by atoms with Gasteiger partial charge in [0, 0.05) is 5.70 Å². The number of fused-ring (bicyclic) bond motifs is 1. The molecule has 1 aliphatic heterocycles. The molecule has 3 N–H and O–H groups in total. The van der Waals surface area contributed by atoms with Crippen LogP contribution >= 0.6 is 0 Å². The molecule has 11 heteroatoms. The van der Waals surface area contributed by atoms with Gasteiger partial charge in [-0.1, -0.05) is 54.6 Å². The fourth-order valence-electron chi connectivity index (χ4n) is 5.47. The number of hydrogen-bond acceptors (Lipinski definition) is 8. The molecule has 0 saturated carbocycles. The maximum atomic E-state index is 12.7. The molecule has 0 radical (unpaired) electrons. The largest absolute Gasteiger partial charge is 0.493 e. The molecule has 0 unspecified atom stereocenters. The molecule has 1 heterocycles. The van der Waals surface area contributed by atoms with Gasteiger partial charge in [0.2, 0.25) is 0 Å². The number of urea groups is 1. The highest BCUT2D eigenvalue weighted by atomic mass is 16.5. The number of hydrogen-bond donors (Lipinski definition) is 3. The molecule has 0 saturated heterocycles. The predicted octanol–water partition coefficient (Wildman–Crippen LogP) is 5.88. The summed E-state index contributed by atoms with van der Waals surface area (Å²) in [7, 11) is 1.45. The zero-order valence-corrected chi connectivity index (χ0v) is 27.6. The fraction of sp³-hybridized carbons (Fsp3) is 0.211. The monoisotopic (exact) mass is 662 g/mol. The van der Waals surface area contributed by atoms with Crippen molar-refractivity contribution in [3.8, 4) is 17.2 Å². The number of hydrazone groups is 1. The Bertz CT molecular complexity index is 1930. The number of carbonyl (C=O) groups excluding carboxylic acids is 3. The van der Waals surface area contributed by atoms with E-state index in [1.54, 1.807) is 38.1 Å². The normalized spacial score (nSPS) is 14.2. The Morgan fingerprint density at radius 2 is 1.76 bits per heavy atom. The molecule has 5 rings (SSSR count). The summed E-state index contributed by atoms with van der Waals surface area (Å²) in [5.41, 5.74) is 6.50. The summed E-state index contributed by atoms with van der Waals surface area (Å²) >= 11 is 0. The van der Waals surface area contributed by atoms with Crippen molar-refractivity contribution in [1.29, 1.82) is 0 Å². The van der Waals surface area contributed by atoms with Crippen LogP contribution < -0.4 is 30.3 Å². The van der Waals surface area contributed by atoms with Crippen LogP contribution in [0.5, 0.6) is 17.2 Å². The number of rotatable bonds is 14. The molecule has 3 amide bonds. The quantitative estimate of drug-likeness (QED) is 0.0665. The summed E-state index contributed by atoms with van der Waals surface area (Å²) in [5, 5.41) is 11.7. The lowest BCUT2D eigenvalue weighted by molar-refractivity contribution is -0.139. The Balaban J connectivity index is 1.19. The van der Waals surface area contributed by atoms with E-state index < -0.39 is 23.9 Å². The minimum atomic E-state index is -0.773. The van der Waals surface area contributed by atoms with Gasteiger partial charge in [0.1, 0.15) is 12.4 Å². The van der Waals surface area contributed by atoms with Crippen molar-refractivity contribution in [2.45, 2.75) is 32.9 Å². The van der Waals surface area contributed by atoms with E-state index in [0.717, 1.165) is 33.2 Å². The van der Waals surface area contributed by atoms with Gasteiger partial charge in [-0.3, -0.25) is 4.79 Å². The van der Waals surface area contributed by atoms with E-state index >= 15 is 0 Å². The summed E-state index contributed by atoms with van der Waals surface area (Å²) < 4.78 is 22.6. The first-order chi connectivity index (χ1) is 23.8. The number of ether oxygens (including phenoxy) is 4. The van der Waals surface area contributed by atoms with Crippen LogP contribution in [0.2, 0.25) is 0 Å². The third-order valence-corrected chi connectivity index (χ3v) is 7.76. The van der Waals surface area contributed by atoms with Crippen molar-refractivity contribution in [3.05, 3.63) is 125 Å². The van der Waals surface area contributed by atoms with Crippen molar-refractivity contribution in [2.24, 2.45) is 5.10 Å². The SMILES string of the molecule is C=CCc1cc(/C=N\NC(=O)COc2ccc([C@H]3NC(=O)NC(C)=C3C(=O)OCC)cc2OC)ccc1OCc1cccc2ccccc12. The number of allylic oxidation sites excluding steroid dienone is 2. The fourth-order valence-corrected chi connectivity index (χ4v) is 5.47. The van der Waals surface area contributed by atoms with Crippen LogP contribution in [0.3, 0.4) is 0 Å². The summed E-state index contributed by atoms with van der Waals surface area (Å²) in [4.78, 5) is 37.4. The molecule has 49 heavy (non-hydrogen) atoms. The van der Waals surface area contributed by atoms with Gasteiger partial charge < -0.3 is 29.6 Å². The van der Waals surface area contributed by atoms with E-state index in [-0.39, 0.29) is 24.5 Å². The van der Waals surface area contributed by atoms with E-state index in [2.05, 4.69) is 52.0 Å². The third-order valence-electron chi connectivity index (χ3n) is 7.76. The first-order valence-corrected chi connectivity index (χ1v) is 15.7. The van der Waals surface area contributed by atoms with Gasteiger partial charge in [0.25, 0.3) is 5.91 Å². The number of methoxy groups -OCH3 is 1. The van der Waals surface area contributed by atoms with Crippen molar-refractivity contribution >= 4 is 34.9 Å². The summed E-state index contributed by atoms with van der Waals surface area (Å²) in [5.74, 6) is 0.301. The Hall–Kier alpha value is -6.10. The van der Waals surface area contributed by atoms with E-state index in [9.17, 15) is 14.4 Å².